The fourth-order valence-corrected chi connectivity index (χ4v) is 3.27. The van der Waals surface area contributed by atoms with Crippen LogP contribution in [0, 0.1) is 5.92 Å². The molecule has 0 unspecified atom stereocenters. The zero-order chi connectivity index (χ0) is 17.9. The number of pyridine rings is 1. The average Bonchev–Trinajstić information content (AvgIpc) is 3.52. The highest BCUT2D eigenvalue weighted by molar-refractivity contribution is 5.94. The molecule has 26 heavy (non-hydrogen) atoms. The molecule has 0 radical (unpaired) electrons. The monoisotopic (exact) mass is 354 g/mol. The van der Waals surface area contributed by atoms with Crippen LogP contribution < -0.4 is 10.3 Å². The topological polar surface area (TPSA) is 88.2 Å². The second-order valence-electron chi connectivity index (χ2n) is 7.06. The van der Waals surface area contributed by atoms with E-state index in [0.29, 0.717) is 43.0 Å². The SMILES string of the molecule is O=C(c1cc[nH]c(=O)c1)N1CCC(COc2ccc(C3CC3)nn2)CC1. The van der Waals surface area contributed by atoms with E-state index in [1.54, 1.807) is 11.0 Å². The Morgan fingerprint density at radius 3 is 2.62 bits per heavy atom. The number of aromatic nitrogens is 3. The van der Waals surface area contributed by atoms with Gasteiger partial charge in [-0.3, -0.25) is 9.59 Å². The Bertz CT molecular complexity index is 821. The lowest BCUT2D eigenvalue weighted by Crippen LogP contribution is -2.40. The van der Waals surface area contributed by atoms with Crippen molar-refractivity contribution >= 4 is 5.91 Å². The van der Waals surface area contributed by atoms with Gasteiger partial charge in [0.2, 0.25) is 11.4 Å². The van der Waals surface area contributed by atoms with Crippen molar-refractivity contribution in [1.29, 1.82) is 0 Å². The summed E-state index contributed by atoms with van der Waals surface area (Å²) in [5, 5.41) is 8.37. The van der Waals surface area contributed by atoms with Crippen molar-refractivity contribution in [3.8, 4) is 5.88 Å². The molecule has 2 aliphatic rings. The molecule has 1 aliphatic heterocycles. The Morgan fingerprint density at radius 2 is 1.96 bits per heavy atom. The van der Waals surface area contributed by atoms with Crippen molar-refractivity contribution in [3.05, 3.63) is 52.1 Å². The van der Waals surface area contributed by atoms with Crippen molar-refractivity contribution in [2.24, 2.45) is 5.92 Å². The number of amides is 1. The quantitative estimate of drug-likeness (QED) is 0.887. The molecule has 0 spiro atoms. The van der Waals surface area contributed by atoms with Crippen LogP contribution in [0.2, 0.25) is 0 Å². The molecule has 0 aromatic carbocycles. The molecule has 3 heterocycles. The lowest BCUT2D eigenvalue weighted by Gasteiger charge is -2.31. The molecule has 1 saturated heterocycles. The van der Waals surface area contributed by atoms with Gasteiger partial charge in [0.15, 0.2) is 0 Å². The van der Waals surface area contributed by atoms with Gasteiger partial charge in [0.05, 0.1) is 12.3 Å². The number of nitrogens with one attached hydrogen (secondary N) is 1. The molecule has 136 valence electrons. The number of hydrogen-bond donors (Lipinski definition) is 1. The first-order valence-corrected chi connectivity index (χ1v) is 9.13. The Hall–Kier alpha value is -2.70. The first kappa shape index (κ1) is 16.8. The smallest absolute Gasteiger partial charge is 0.254 e. The fraction of sp³-hybridized carbons (Fsp3) is 0.474. The number of piperidine rings is 1. The molecule has 1 N–H and O–H groups in total. The highest BCUT2D eigenvalue weighted by atomic mass is 16.5. The van der Waals surface area contributed by atoms with Crippen LogP contribution in [0.15, 0.2) is 35.3 Å². The van der Waals surface area contributed by atoms with Gasteiger partial charge < -0.3 is 14.6 Å². The van der Waals surface area contributed by atoms with Gasteiger partial charge >= 0.3 is 0 Å². The van der Waals surface area contributed by atoms with E-state index in [1.165, 1.54) is 25.1 Å². The summed E-state index contributed by atoms with van der Waals surface area (Å²) in [6.07, 6.45) is 5.68. The van der Waals surface area contributed by atoms with Crippen LogP contribution >= 0.6 is 0 Å². The van der Waals surface area contributed by atoms with Crippen LogP contribution in [-0.4, -0.2) is 45.7 Å². The van der Waals surface area contributed by atoms with Gasteiger partial charge in [-0.25, -0.2) is 0 Å². The van der Waals surface area contributed by atoms with Crippen LogP contribution in [0.25, 0.3) is 0 Å². The van der Waals surface area contributed by atoms with Crippen molar-refractivity contribution in [2.75, 3.05) is 19.7 Å². The molecule has 1 amide bonds. The van der Waals surface area contributed by atoms with Crippen LogP contribution in [0.1, 0.15) is 47.7 Å². The fourth-order valence-electron chi connectivity index (χ4n) is 3.27. The largest absolute Gasteiger partial charge is 0.476 e. The van der Waals surface area contributed by atoms with Gasteiger partial charge in [0.1, 0.15) is 0 Å². The number of carbonyl (C=O) groups excluding carboxylic acids is 1. The summed E-state index contributed by atoms with van der Waals surface area (Å²) >= 11 is 0. The standard InChI is InChI=1S/C19H22N4O3/c24-17-11-15(5-8-20-17)19(25)23-9-6-13(7-10-23)12-26-18-4-3-16(21-22-18)14-1-2-14/h3-5,8,11,13-14H,1-2,6-7,9-10,12H2,(H,20,24). The molecular formula is C19H22N4O3. The predicted octanol–water partition coefficient (Wildman–Crippen LogP) is 1.97. The van der Waals surface area contributed by atoms with E-state index in [-0.39, 0.29) is 11.5 Å². The summed E-state index contributed by atoms with van der Waals surface area (Å²) in [5.74, 6) is 1.47. The Balaban J connectivity index is 1.25. The molecule has 0 bridgehead atoms. The second kappa shape index (κ2) is 7.27. The van der Waals surface area contributed by atoms with Crippen LogP contribution in [-0.2, 0) is 0 Å². The lowest BCUT2D eigenvalue weighted by atomic mass is 9.97. The van der Waals surface area contributed by atoms with Crippen LogP contribution in [0.3, 0.4) is 0 Å². The minimum Gasteiger partial charge on any atom is -0.476 e. The molecule has 1 saturated carbocycles. The summed E-state index contributed by atoms with van der Waals surface area (Å²) in [5.41, 5.74) is 1.24. The van der Waals surface area contributed by atoms with Crippen LogP contribution in [0.5, 0.6) is 5.88 Å². The number of aromatic amines is 1. The summed E-state index contributed by atoms with van der Waals surface area (Å²) in [4.78, 5) is 28.1. The molecule has 7 heteroatoms. The van der Waals surface area contributed by atoms with Gasteiger partial charge in [0.25, 0.3) is 5.91 Å². The predicted molar refractivity (Wildman–Crippen MR) is 95.2 cm³/mol. The van der Waals surface area contributed by atoms with E-state index in [0.717, 1.165) is 18.5 Å². The summed E-state index contributed by atoms with van der Waals surface area (Å²) in [6, 6.07) is 6.89. The minimum absolute atomic E-state index is 0.0861. The summed E-state index contributed by atoms with van der Waals surface area (Å²) in [6.45, 7) is 1.93. The molecule has 4 rings (SSSR count). The molecule has 2 aromatic rings. The van der Waals surface area contributed by atoms with Crippen molar-refractivity contribution in [2.45, 2.75) is 31.6 Å². The zero-order valence-electron chi connectivity index (χ0n) is 14.6. The second-order valence-corrected chi connectivity index (χ2v) is 7.06. The van der Waals surface area contributed by atoms with Gasteiger partial charge in [-0.15, -0.1) is 5.10 Å². The maximum atomic E-state index is 12.5. The number of rotatable bonds is 5. The number of likely N-dealkylation sites (tertiary alicyclic amines) is 1. The Morgan fingerprint density at radius 1 is 1.15 bits per heavy atom. The summed E-state index contributed by atoms with van der Waals surface area (Å²) in [7, 11) is 0. The van der Waals surface area contributed by atoms with Crippen molar-refractivity contribution in [3.63, 3.8) is 0 Å². The Labute approximate surface area is 151 Å². The zero-order valence-corrected chi connectivity index (χ0v) is 14.6. The average molecular weight is 354 g/mol. The number of nitrogens with zero attached hydrogens (tertiary/aromatic N) is 3. The summed E-state index contributed by atoms with van der Waals surface area (Å²) < 4.78 is 5.77. The lowest BCUT2D eigenvalue weighted by molar-refractivity contribution is 0.0658. The number of carbonyl (C=O) groups is 1. The van der Waals surface area contributed by atoms with E-state index >= 15 is 0 Å². The molecule has 2 aromatic heterocycles. The number of hydrogen-bond acceptors (Lipinski definition) is 5. The highest BCUT2D eigenvalue weighted by Crippen LogP contribution is 2.38. The van der Waals surface area contributed by atoms with E-state index < -0.39 is 0 Å². The molecule has 0 atom stereocenters. The molecule has 2 fully saturated rings. The first-order valence-electron chi connectivity index (χ1n) is 9.13. The van der Waals surface area contributed by atoms with Gasteiger partial charge in [0, 0.05) is 42.9 Å². The van der Waals surface area contributed by atoms with Gasteiger partial charge in [-0.05, 0) is 43.7 Å². The normalized spacial score (nSPS) is 17.9. The number of ether oxygens (including phenoxy) is 1. The first-order chi connectivity index (χ1) is 12.7. The third-order valence-corrected chi connectivity index (χ3v) is 5.05. The van der Waals surface area contributed by atoms with E-state index in [4.69, 9.17) is 4.74 Å². The van der Waals surface area contributed by atoms with Crippen LogP contribution in [0.4, 0.5) is 0 Å². The Kier molecular flexibility index (Phi) is 4.69. The van der Waals surface area contributed by atoms with E-state index in [1.807, 2.05) is 12.1 Å². The highest BCUT2D eigenvalue weighted by Gasteiger charge is 2.26. The van der Waals surface area contributed by atoms with Crippen molar-refractivity contribution in [1.82, 2.24) is 20.1 Å². The molecule has 1 aliphatic carbocycles. The third-order valence-electron chi connectivity index (χ3n) is 5.05. The van der Waals surface area contributed by atoms with E-state index in [2.05, 4.69) is 15.2 Å². The molecule has 7 nitrogen and oxygen atoms in total. The van der Waals surface area contributed by atoms with Gasteiger partial charge in [-0.2, -0.15) is 5.10 Å². The number of H-pyrrole nitrogens is 1. The maximum Gasteiger partial charge on any atom is 0.254 e. The molecular weight excluding hydrogens is 332 g/mol. The van der Waals surface area contributed by atoms with E-state index in [9.17, 15) is 9.59 Å². The maximum absolute atomic E-state index is 12.5. The van der Waals surface area contributed by atoms with Crippen molar-refractivity contribution < 1.29 is 9.53 Å². The minimum atomic E-state index is -0.257. The van der Waals surface area contributed by atoms with Gasteiger partial charge in [-0.1, -0.05) is 0 Å². The third kappa shape index (κ3) is 3.92.